The van der Waals surface area contributed by atoms with E-state index >= 15 is 0 Å². The Morgan fingerprint density at radius 2 is 1.52 bits per heavy atom. The molecule has 0 spiro atoms. The van der Waals surface area contributed by atoms with Gasteiger partial charge in [0.15, 0.2) is 0 Å². The zero-order valence-corrected chi connectivity index (χ0v) is 15.1. The van der Waals surface area contributed by atoms with Gasteiger partial charge >= 0.3 is 0 Å². The van der Waals surface area contributed by atoms with Gasteiger partial charge in [-0.2, -0.15) is 5.10 Å². The fourth-order valence-electron chi connectivity index (χ4n) is 2.58. The predicted molar refractivity (Wildman–Crippen MR) is 93.0 cm³/mol. The van der Waals surface area contributed by atoms with Crippen LogP contribution in [0.4, 0.5) is 0 Å². The van der Waals surface area contributed by atoms with E-state index in [1.54, 1.807) is 6.20 Å². The summed E-state index contributed by atoms with van der Waals surface area (Å²) in [5.74, 6) is 0.224. The smallest absolute Gasteiger partial charge is 0.243 e. The van der Waals surface area contributed by atoms with E-state index < -0.39 is 0 Å². The molecule has 1 heterocycles. The van der Waals surface area contributed by atoms with Gasteiger partial charge in [-0.15, -0.1) is 0 Å². The van der Waals surface area contributed by atoms with Crippen LogP contribution < -0.4 is 0 Å². The summed E-state index contributed by atoms with van der Waals surface area (Å²) in [6, 6.07) is 5.77. The first-order valence-electron chi connectivity index (χ1n) is 7.86. The van der Waals surface area contributed by atoms with Crippen molar-refractivity contribution in [3.63, 3.8) is 0 Å². The van der Waals surface area contributed by atoms with Crippen molar-refractivity contribution >= 4 is 5.91 Å². The van der Waals surface area contributed by atoms with Crippen LogP contribution >= 0.6 is 0 Å². The van der Waals surface area contributed by atoms with Gasteiger partial charge in [-0.3, -0.25) is 4.79 Å². The van der Waals surface area contributed by atoms with Crippen LogP contribution in [0.3, 0.4) is 0 Å². The molecule has 0 bridgehead atoms. The minimum atomic E-state index is -0.191. The lowest BCUT2D eigenvalue weighted by Crippen LogP contribution is -2.17. The molecule has 0 aliphatic rings. The average molecular weight is 314 g/mol. The molecule has 0 aliphatic carbocycles. The van der Waals surface area contributed by atoms with Crippen molar-refractivity contribution in [2.75, 3.05) is 0 Å². The van der Waals surface area contributed by atoms with E-state index in [0.717, 1.165) is 22.4 Å². The van der Waals surface area contributed by atoms with Gasteiger partial charge in [-0.1, -0.05) is 41.5 Å². The monoisotopic (exact) mass is 314 g/mol. The number of aromatic nitrogens is 2. The van der Waals surface area contributed by atoms with Gasteiger partial charge in [0.2, 0.25) is 5.91 Å². The summed E-state index contributed by atoms with van der Waals surface area (Å²) in [5.41, 5.74) is 3.04. The number of rotatable bonds is 1. The van der Waals surface area contributed by atoms with Gasteiger partial charge in [-0.25, -0.2) is 4.68 Å². The number of carbonyl (C=O) groups excluding carboxylic acids is 1. The molecule has 2 aromatic rings. The minimum Gasteiger partial charge on any atom is -0.507 e. The Bertz CT molecular complexity index is 708. The Morgan fingerprint density at radius 3 is 1.87 bits per heavy atom. The van der Waals surface area contributed by atoms with Crippen LogP contribution in [0, 0.1) is 0 Å². The second kappa shape index (κ2) is 5.52. The Hall–Kier alpha value is -2.10. The topological polar surface area (TPSA) is 55.1 Å². The number of phenols is 1. The zero-order chi connectivity index (χ0) is 17.6. The molecule has 0 unspecified atom stereocenters. The molecule has 23 heavy (non-hydrogen) atoms. The highest BCUT2D eigenvalue weighted by Crippen LogP contribution is 2.41. The second-order valence-electron chi connectivity index (χ2n) is 8.08. The Balaban J connectivity index is 2.71. The summed E-state index contributed by atoms with van der Waals surface area (Å²) in [6.07, 6.45) is 1.66. The molecule has 2 rings (SSSR count). The van der Waals surface area contributed by atoms with Gasteiger partial charge in [0.05, 0.1) is 5.69 Å². The van der Waals surface area contributed by atoms with Crippen molar-refractivity contribution in [3.05, 3.63) is 35.5 Å². The minimum absolute atomic E-state index is 0.123. The lowest BCUT2D eigenvalue weighted by molar-refractivity contribution is 0.0921. The molecule has 0 fully saturated rings. The van der Waals surface area contributed by atoms with Crippen LogP contribution in [-0.4, -0.2) is 20.8 Å². The third-order valence-corrected chi connectivity index (χ3v) is 3.93. The predicted octanol–water partition coefficient (Wildman–Crippen LogP) is 4.51. The lowest BCUT2D eigenvalue weighted by atomic mass is 9.78. The SMILES string of the molecule is CC(=O)n1ccc(-c2cc(C(C)(C)C)c(O)c(C(C)(C)C)c2)n1. The molecule has 1 N–H and O–H groups in total. The molecule has 0 saturated carbocycles. The second-order valence-corrected chi connectivity index (χ2v) is 8.08. The summed E-state index contributed by atoms with van der Waals surface area (Å²) < 4.78 is 1.33. The first-order chi connectivity index (χ1) is 10.4. The van der Waals surface area contributed by atoms with E-state index in [4.69, 9.17) is 0 Å². The van der Waals surface area contributed by atoms with Crippen LogP contribution in [0.2, 0.25) is 0 Å². The Morgan fingerprint density at radius 1 is 1.04 bits per heavy atom. The number of aromatic hydroxyl groups is 1. The summed E-state index contributed by atoms with van der Waals surface area (Å²) in [7, 11) is 0. The molecular weight excluding hydrogens is 288 g/mol. The Labute approximate surface area is 138 Å². The van der Waals surface area contributed by atoms with Crippen molar-refractivity contribution in [2.45, 2.75) is 59.3 Å². The maximum atomic E-state index is 11.5. The highest BCUT2D eigenvalue weighted by atomic mass is 16.3. The van der Waals surface area contributed by atoms with E-state index in [1.807, 2.05) is 18.2 Å². The van der Waals surface area contributed by atoms with Crippen molar-refractivity contribution < 1.29 is 9.90 Å². The van der Waals surface area contributed by atoms with E-state index in [2.05, 4.69) is 46.6 Å². The molecule has 0 amide bonds. The van der Waals surface area contributed by atoms with Gasteiger partial charge < -0.3 is 5.11 Å². The molecule has 0 aliphatic heterocycles. The summed E-state index contributed by atoms with van der Waals surface area (Å²) in [5, 5.41) is 15.1. The number of carbonyl (C=O) groups is 1. The van der Waals surface area contributed by atoms with Crippen LogP contribution in [0.5, 0.6) is 5.75 Å². The maximum absolute atomic E-state index is 11.5. The molecule has 1 aromatic carbocycles. The number of nitrogens with zero attached hydrogens (tertiary/aromatic N) is 2. The molecule has 1 aromatic heterocycles. The lowest BCUT2D eigenvalue weighted by Gasteiger charge is -2.28. The van der Waals surface area contributed by atoms with Crippen molar-refractivity contribution in [3.8, 4) is 17.0 Å². The third kappa shape index (κ3) is 3.46. The molecule has 4 heteroatoms. The van der Waals surface area contributed by atoms with E-state index in [9.17, 15) is 9.90 Å². The average Bonchev–Trinajstić information content (AvgIpc) is 2.85. The molecular formula is C19H26N2O2. The normalized spacial score (nSPS) is 12.5. The quantitative estimate of drug-likeness (QED) is 0.842. The van der Waals surface area contributed by atoms with Crippen molar-refractivity contribution in [2.24, 2.45) is 0 Å². The summed E-state index contributed by atoms with van der Waals surface area (Å²) in [4.78, 5) is 11.5. The number of hydrogen-bond donors (Lipinski definition) is 1. The largest absolute Gasteiger partial charge is 0.507 e. The third-order valence-electron chi connectivity index (χ3n) is 3.93. The zero-order valence-electron chi connectivity index (χ0n) is 15.1. The van der Waals surface area contributed by atoms with Crippen LogP contribution in [0.1, 0.15) is 64.4 Å². The maximum Gasteiger partial charge on any atom is 0.243 e. The highest BCUT2D eigenvalue weighted by Gasteiger charge is 2.27. The van der Waals surface area contributed by atoms with Crippen LogP contribution in [-0.2, 0) is 10.8 Å². The van der Waals surface area contributed by atoms with E-state index in [1.165, 1.54) is 11.6 Å². The molecule has 0 atom stereocenters. The fourth-order valence-corrected chi connectivity index (χ4v) is 2.58. The fraction of sp³-hybridized carbons (Fsp3) is 0.474. The molecule has 0 saturated heterocycles. The first kappa shape index (κ1) is 17.3. The highest BCUT2D eigenvalue weighted by molar-refractivity contribution is 5.76. The summed E-state index contributed by atoms with van der Waals surface area (Å²) >= 11 is 0. The van der Waals surface area contributed by atoms with Crippen LogP contribution in [0.25, 0.3) is 11.3 Å². The van der Waals surface area contributed by atoms with E-state index in [-0.39, 0.29) is 16.7 Å². The van der Waals surface area contributed by atoms with Gasteiger partial charge in [0.1, 0.15) is 5.75 Å². The van der Waals surface area contributed by atoms with Crippen LogP contribution in [0.15, 0.2) is 24.4 Å². The van der Waals surface area contributed by atoms with E-state index in [0.29, 0.717) is 5.75 Å². The van der Waals surface area contributed by atoms with Gasteiger partial charge in [-0.05, 0) is 29.0 Å². The Kier molecular flexibility index (Phi) is 4.14. The van der Waals surface area contributed by atoms with Crippen molar-refractivity contribution in [1.82, 2.24) is 9.78 Å². The number of phenolic OH excluding ortho intramolecular Hbond substituents is 1. The standard InChI is InChI=1S/C19H26N2O2/c1-12(22)21-9-8-16(20-21)13-10-14(18(2,3)4)17(23)15(11-13)19(5,6)7/h8-11,23H,1-7H3. The molecule has 0 radical (unpaired) electrons. The van der Waals surface area contributed by atoms with Crippen molar-refractivity contribution in [1.29, 1.82) is 0 Å². The molecule has 4 nitrogen and oxygen atoms in total. The number of hydrogen-bond acceptors (Lipinski definition) is 3. The molecule has 124 valence electrons. The number of benzene rings is 1. The van der Waals surface area contributed by atoms with Gasteiger partial charge in [0.25, 0.3) is 0 Å². The first-order valence-corrected chi connectivity index (χ1v) is 7.86. The van der Waals surface area contributed by atoms with Gasteiger partial charge in [0, 0.05) is 29.8 Å². The summed E-state index contributed by atoms with van der Waals surface area (Å²) in [6.45, 7) is 13.9.